The van der Waals surface area contributed by atoms with Crippen molar-refractivity contribution < 1.29 is 36.1 Å². The van der Waals surface area contributed by atoms with E-state index in [0.717, 1.165) is 0 Å². The summed E-state index contributed by atoms with van der Waals surface area (Å²) in [5.74, 6) is -1.10. The van der Waals surface area contributed by atoms with Crippen LogP contribution >= 0.6 is 0 Å². The Kier molecular flexibility index (Phi) is 5.67. The molecule has 0 N–H and O–H groups in total. The van der Waals surface area contributed by atoms with Crippen molar-refractivity contribution in [2.24, 2.45) is 0 Å². The number of benzene rings is 1. The minimum atomic E-state index is -0.550. The van der Waals surface area contributed by atoms with E-state index in [-0.39, 0.29) is 28.2 Å². The van der Waals surface area contributed by atoms with Crippen LogP contribution in [0.3, 0.4) is 0 Å². The van der Waals surface area contributed by atoms with E-state index < -0.39 is 11.9 Å². The zero-order chi connectivity index (χ0) is 10.6. The molecule has 0 saturated heterocycles. The van der Waals surface area contributed by atoms with Crippen molar-refractivity contribution in [2.45, 2.75) is 0 Å². The van der Waals surface area contributed by atoms with Gasteiger partial charge >= 0.3 is 11.9 Å². The minimum Gasteiger partial charge on any atom is -0.465 e. The Balaban J connectivity index is 0.00000196. The molecule has 1 aromatic carbocycles. The van der Waals surface area contributed by atoms with Gasteiger partial charge in [0.1, 0.15) is 0 Å². The number of hydrogen-bond acceptors (Lipinski definition) is 4. The van der Waals surface area contributed by atoms with Gasteiger partial charge in [-0.05, 0) is 12.1 Å². The molecule has 0 fully saturated rings. The van der Waals surface area contributed by atoms with Gasteiger partial charge in [-0.3, -0.25) is 0 Å². The zero-order valence-electron chi connectivity index (χ0n) is 8.24. The third kappa shape index (κ3) is 3.08. The number of ether oxygens (including phenoxy) is 2. The van der Waals surface area contributed by atoms with Crippen molar-refractivity contribution in [3.63, 3.8) is 0 Å². The summed E-state index contributed by atoms with van der Waals surface area (Å²) in [5.41, 5.74) is 0.420. The maximum Gasteiger partial charge on any atom is 0.338 e. The van der Waals surface area contributed by atoms with E-state index >= 15 is 0 Å². The summed E-state index contributed by atoms with van der Waals surface area (Å²) >= 11 is 0. The third-order valence-electron chi connectivity index (χ3n) is 1.74. The molecule has 4 nitrogen and oxygen atoms in total. The fourth-order valence-electron chi connectivity index (χ4n) is 1.06. The average molecular weight is 258 g/mol. The van der Waals surface area contributed by atoms with Gasteiger partial charge in [-0.25, -0.2) is 9.59 Å². The fourth-order valence-corrected chi connectivity index (χ4v) is 1.06. The second kappa shape index (κ2) is 6.22. The molecule has 1 rings (SSSR count). The van der Waals surface area contributed by atoms with Crippen molar-refractivity contribution in [3.05, 3.63) is 35.4 Å². The summed E-state index contributed by atoms with van der Waals surface area (Å²) in [6.45, 7) is 0. The Morgan fingerprint density at radius 3 is 1.53 bits per heavy atom. The van der Waals surface area contributed by atoms with Crippen LogP contribution in [-0.4, -0.2) is 26.2 Å². The van der Waals surface area contributed by atoms with E-state index in [1.165, 1.54) is 26.4 Å². The Morgan fingerprint density at radius 1 is 0.933 bits per heavy atom. The first-order chi connectivity index (χ1) is 6.70. The normalized spacial score (nSPS) is 8.67. The van der Waals surface area contributed by atoms with Crippen LogP contribution in [0.2, 0.25) is 0 Å². The molecule has 0 aromatic heterocycles. The topological polar surface area (TPSA) is 52.6 Å². The second-order valence-corrected chi connectivity index (χ2v) is 2.53. The van der Waals surface area contributed by atoms with Gasteiger partial charge in [0.25, 0.3) is 0 Å². The van der Waals surface area contributed by atoms with E-state index in [1.807, 2.05) is 0 Å². The van der Waals surface area contributed by atoms with Crippen molar-refractivity contribution >= 4 is 11.9 Å². The van der Waals surface area contributed by atoms with E-state index in [9.17, 15) is 9.59 Å². The monoisotopic (exact) mass is 257 g/mol. The van der Waals surface area contributed by atoms with Crippen molar-refractivity contribution in [1.82, 2.24) is 0 Å². The SMILES string of the molecule is COC(=O)c1ccccc1C(=O)OC.[Cu]. The van der Waals surface area contributed by atoms with Crippen LogP contribution in [0.15, 0.2) is 24.3 Å². The summed E-state index contributed by atoms with van der Waals surface area (Å²) < 4.78 is 9.05. The van der Waals surface area contributed by atoms with Crippen LogP contribution in [0.1, 0.15) is 20.7 Å². The van der Waals surface area contributed by atoms with Crippen LogP contribution in [0.4, 0.5) is 0 Å². The summed E-state index contributed by atoms with van der Waals surface area (Å²) in [6, 6.07) is 6.33. The summed E-state index contributed by atoms with van der Waals surface area (Å²) in [6.07, 6.45) is 0. The molecule has 0 bridgehead atoms. The van der Waals surface area contributed by atoms with Crippen molar-refractivity contribution in [2.75, 3.05) is 14.2 Å². The molecular formula is C10H10CuO4. The Morgan fingerprint density at radius 2 is 1.27 bits per heavy atom. The van der Waals surface area contributed by atoms with E-state index in [1.54, 1.807) is 12.1 Å². The standard InChI is InChI=1S/C10H10O4.Cu/c1-13-9(11)7-5-3-4-6-8(7)10(12)14-2;/h3-6H,1-2H3;. The van der Waals surface area contributed by atoms with E-state index in [0.29, 0.717) is 0 Å². The molecular weight excluding hydrogens is 248 g/mol. The molecule has 1 radical (unpaired) electrons. The first-order valence-corrected chi connectivity index (χ1v) is 3.96. The van der Waals surface area contributed by atoms with E-state index in [2.05, 4.69) is 9.47 Å². The van der Waals surface area contributed by atoms with Gasteiger partial charge in [0.05, 0.1) is 25.3 Å². The molecule has 0 amide bonds. The molecule has 0 aliphatic carbocycles. The van der Waals surface area contributed by atoms with Crippen molar-refractivity contribution in [1.29, 1.82) is 0 Å². The predicted molar refractivity (Wildman–Crippen MR) is 49.1 cm³/mol. The summed E-state index contributed by atoms with van der Waals surface area (Å²) in [4.78, 5) is 22.4. The molecule has 0 saturated carbocycles. The maximum atomic E-state index is 11.2. The van der Waals surface area contributed by atoms with Crippen LogP contribution in [0.5, 0.6) is 0 Å². The zero-order valence-corrected chi connectivity index (χ0v) is 9.19. The Labute approximate surface area is 98.0 Å². The van der Waals surface area contributed by atoms with Gasteiger partial charge < -0.3 is 9.47 Å². The molecule has 0 aliphatic rings. The van der Waals surface area contributed by atoms with Gasteiger partial charge in [0, 0.05) is 17.1 Å². The largest absolute Gasteiger partial charge is 0.465 e. The van der Waals surface area contributed by atoms with E-state index in [4.69, 9.17) is 0 Å². The first kappa shape index (κ1) is 13.7. The molecule has 0 atom stereocenters. The summed E-state index contributed by atoms with van der Waals surface area (Å²) in [7, 11) is 2.52. The number of methoxy groups -OCH3 is 2. The first-order valence-electron chi connectivity index (χ1n) is 3.96. The number of hydrogen-bond donors (Lipinski definition) is 0. The van der Waals surface area contributed by atoms with Gasteiger partial charge in [0.15, 0.2) is 0 Å². The minimum absolute atomic E-state index is 0. The predicted octanol–water partition coefficient (Wildman–Crippen LogP) is 1.26. The average Bonchev–Trinajstić information content (AvgIpc) is 2.27. The molecule has 5 heteroatoms. The molecule has 0 aliphatic heterocycles. The maximum absolute atomic E-state index is 11.2. The molecule has 15 heavy (non-hydrogen) atoms. The number of esters is 2. The van der Waals surface area contributed by atoms with Gasteiger partial charge in [-0.15, -0.1) is 0 Å². The Bertz CT molecular complexity index is 327. The fraction of sp³-hybridized carbons (Fsp3) is 0.200. The molecule has 0 unspecified atom stereocenters. The van der Waals surface area contributed by atoms with Gasteiger partial charge in [0.2, 0.25) is 0 Å². The van der Waals surface area contributed by atoms with Crippen LogP contribution in [0.25, 0.3) is 0 Å². The van der Waals surface area contributed by atoms with Crippen LogP contribution in [0, 0.1) is 0 Å². The molecule has 1 aromatic rings. The molecule has 0 spiro atoms. The summed E-state index contributed by atoms with van der Waals surface area (Å²) in [5, 5.41) is 0. The number of carbonyl (C=O) groups excluding carboxylic acids is 2. The van der Waals surface area contributed by atoms with Crippen LogP contribution in [-0.2, 0) is 26.5 Å². The molecule has 85 valence electrons. The number of carbonyl (C=O) groups is 2. The molecule has 0 heterocycles. The Hall–Kier alpha value is -1.32. The van der Waals surface area contributed by atoms with Gasteiger partial charge in [-0.2, -0.15) is 0 Å². The second-order valence-electron chi connectivity index (χ2n) is 2.53. The third-order valence-corrected chi connectivity index (χ3v) is 1.74. The number of rotatable bonds is 2. The quantitative estimate of drug-likeness (QED) is 0.591. The van der Waals surface area contributed by atoms with Gasteiger partial charge in [-0.1, -0.05) is 12.1 Å². The van der Waals surface area contributed by atoms with Crippen molar-refractivity contribution in [3.8, 4) is 0 Å². The van der Waals surface area contributed by atoms with Crippen LogP contribution < -0.4 is 0 Å². The smallest absolute Gasteiger partial charge is 0.338 e.